The van der Waals surface area contributed by atoms with Gasteiger partial charge in [-0.25, -0.2) is 0 Å². The fraction of sp³-hybridized carbons (Fsp3) is 0.462. The molecule has 5 aromatic rings. The summed E-state index contributed by atoms with van der Waals surface area (Å²) in [5, 5.41) is 1.43. The van der Waals surface area contributed by atoms with Crippen LogP contribution in [-0.2, 0) is 32.5 Å². The quantitative estimate of drug-likeness (QED) is 0.162. The van der Waals surface area contributed by atoms with E-state index in [0.717, 1.165) is 0 Å². The molecule has 0 saturated carbocycles. The minimum atomic E-state index is 0.0244. The third-order valence-electron chi connectivity index (χ3n) is 14.4. The molecule has 0 amide bonds. The molecule has 0 fully saturated rings. The highest BCUT2D eigenvalue weighted by Crippen LogP contribution is 2.56. The lowest BCUT2D eigenvalue weighted by Gasteiger charge is -2.46. The Labute approximate surface area is 342 Å². The van der Waals surface area contributed by atoms with E-state index in [1.54, 1.807) is 15.9 Å². The molecular weight excluding hydrogens is 695 g/mol. The number of rotatable bonds is 2. The third kappa shape index (κ3) is 5.54. The van der Waals surface area contributed by atoms with Gasteiger partial charge in [-0.05, 0) is 145 Å². The van der Waals surface area contributed by atoms with Crippen molar-refractivity contribution in [2.75, 3.05) is 9.80 Å². The Hall–Kier alpha value is -3.76. The molecule has 1 aromatic heterocycles. The van der Waals surface area contributed by atoms with E-state index in [-0.39, 0.29) is 39.2 Å². The van der Waals surface area contributed by atoms with Crippen molar-refractivity contribution < 1.29 is 0 Å². The number of hydrogen-bond acceptors (Lipinski definition) is 3. The first-order chi connectivity index (χ1) is 26.0. The third-order valence-corrected chi connectivity index (χ3v) is 16.0. The van der Waals surface area contributed by atoms with Crippen LogP contribution < -0.4 is 26.2 Å². The Morgan fingerprint density at radius 2 is 1.07 bits per heavy atom. The monoisotopic (exact) mass is 758 g/mol. The first kappa shape index (κ1) is 37.8. The van der Waals surface area contributed by atoms with Crippen LogP contribution in [0.4, 0.5) is 33.4 Å². The summed E-state index contributed by atoms with van der Waals surface area (Å²) in [4.78, 5) is 6.88. The van der Waals surface area contributed by atoms with Crippen molar-refractivity contribution in [3.63, 3.8) is 0 Å². The smallest absolute Gasteiger partial charge is 0.253 e. The van der Waals surface area contributed by atoms with Gasteiger partial charge in [-0.2, -0.15) is 0 Å². The molecule has 56 heavy (non-hydrogen) atoms. The minimum absolute atomic E-state index is 0.0244. The second-order valence-corrected chi connectivity index (χ2v) is 23.4. The van der Waals surface area contributed by atoms with E-state index >= 15 is 0 Å². The van der Waals surface area contributed by atoms with Gasteiger partial charge in [-0.3, -0.25) is 0 Å². The molecule has 0 unspecified atom stereocenters. The molecule has 0 bridgehead atoms. The molecule has 9 rings (SSSR count). The average molecular weight is 759 g/mol. The summed E-state index contributed by atoms with van der Waals surface area (Å²) in [6.45, 7) is 34.1. The van der Waals surface area contributed by atoms with Gasteiger partial charge in [0, 0.05) is 33.3 Å². The summed E-state index contributed by atoms with van der Waals surface area (Å²) in [5.41, 5.74) is 18.9. The Bertz CT molecular complexity index is 2410. The lowest BCUT2D eigenvalue weighted by Crippen LogP contribution is -2.62. The number of nitrogens with zero attached hydrogens (tertiary/aromatic N) is 2. The van der Waals surface area contributed by atoms with Crippen LogP contribution >= 0.6 is 11.3 Å². The van der Waals surface area contributed by atoms with Crippen molar-refractivity contribution in [2.45, 2.75) is 155 Å². The lowest BCUT2D eigenvalue weighted by molar-refractivity contribution is 0.332. The van der Waals surface area contributed by atoms with Crippen LogP contribution in [0, 0.1) is 0 Å². The molecule has 0 N–H and O–H groups in total. The highest BCUT2D eigenvalue weighted by Gasteiger charge is 2.51. The number of thiophene rings is 1. The molecule has 4 heteroatoms. The summed E-state index contributed by atoms with van der Waals surface area (Å²) in [6.07, 6.45) is 4.83. The predicted molar refractivity (Wildman–Crippen MR) is 246 cm³/mol. The SMILES string of the molecule is CC(C)(C)c1ccc(N2c3ccc(C(C)(C)C)cc3B3c4c2cccc4N(c2ccc4c(c2)C(C)(C)CCC4(C)C)c2sc4c(c23)C(C)(C)CCC4(C)C)cc1. The van der Waals surface area contributed by atoms with Gasteiger partial charge < -0.3 is 9.80 Å². The highest BCUT2D eigenvalue weighted by molar-refractivity contribution is 7.20. The van der Waals surface area contributed by atoms with E-state index in [0.29, 0.717) is 0 Å². The molecular formula is C52H63BN2S. The Kier molecular flexibility index (Phi) is 8.04. The normalized spacial score (nSPS) is 19.8. The summed E-state index contributed by atoms with van der Waals surface area (Å²) in [6, 6.07) is 31.5. The van der Waals surface area contributed by atoms with Gasteiger partial charge in [-0.15, -0.1) is 11.3 Å². The van der Waals surface area contributed by atoms with Gasteiger partial charge in [0.2, 0.25) is 0 Å². The van der Waals surface area contributed by atoms with Crippen molar-refractivity contribution in [1.29, 1.82) is 0 Å². The van der Waals surface area contributed by atoms with Crippen molar-refractivity contribution in [3.05, 3.63) is 112 Å². The van der Waals surface area contributed by atoms with Gasteiger partial charge in [0.15, 0.2) is 0 Å². The standard InChI is InChI=1S/C52H63BN2S/c1-47(2,3)32-18-21-34(22-19-32)54-39-25-20-33(48(4,5)6)30-38(39)53-43-40(54)16-15-17-41(43)55(35-23-24-36-37(31-35)50(9,10)27-26-49(36,7)8)46-44(53)42-45(56-46)52(13,14)29-28-51(42,11)12/h15-25,30-31H,26-29H2,1-14H3. The molecule has 0 spiro atoms. The van der Waals surface area contributed by atoms with Crippen LogP contribution in [0.15, 0.2) is 78.9 Å². The summed E-state index contributed by atoms with van der Waals surface area (Å²) in [5.74, 6) is 0. The molecule has 2 nitrogen and oxygen atoms in total. The van der Waals surface area contributed by atoms with Crippen molar-refractivity contribution in [1.82, 2.24) is 0 Å². The van der Waals surface area contributed by atoms with Gasteiger partial charge in [0.1, 0.15) is 0 Å². The zero-order chi connectivity index (χ0) is 40.1. The van der Waals surface area contributed by atoms with Crippen LogP contribution in [-0.4, -0.2) is 6.71 Å². The maximum Gasteiger partial charge on any atom is 0.253 e. The Morgan fingerprint density at radius 3 is 1.71 bits per heavy atom. The molecule has 290 valence electrons. The maximum atomic E-state index is 2.71. The molecule has 4 aromatic carbocycles. The van der Waals surface area contributed by atoms with E-state index in [4.69, 9.17) is 0 Å². The Balaban J connectivity index is 1.39. The molecule has 0 radical (unpaired) electrons. The largest absolute Gasteiger partial charge is 0.311 e. The number of hydrogen-bond donors (Lipinski definition) is 0. The van der Waals surface area contributed by atoms with Crippen molar-refractivity contribution >= 4 is 67.9 Å². The zero-order valence-electron chi connectivity index (χ0n) is 36.7. The van der Waals surface area contributed by atoms with Crippen LogP contribution in [0.3, 0.4) is 0 Å². The minimum Gasteiger partial charge on any atom is -0.311 e. The van der Waals surface area contributed by atoms with Crippen molar-refractivity contribution in [3.8, 4) is 0 Å². The Morgan fingerprint density at radius 1 is 0.518 bits per heavy atom. The average Bonchev–Trinajstić information content (AvgIpc) is 3.54. The van der Waals surface area contributed by atoms with Crippen LogP contribution in [0.1, 0.15) is 155 Å². The summed E-state index contributed by atoms with van der Waals surface area (Å²) < 4.78 is 0. The van der Waals surface area contributed by atoms with Crippen LogP contribution in [0.25, 0.3) is 0 Å². The first-order valence-corrected chi connectivity index (χ1v) is 22.1. The lowest BCUT2D eigenvalue weighted by atomic mass is 9.32. The van der Waals surface area contributed by atoms with E-state index < -0.39 is 0 Å². The van der Waals surface area contributed by atoms with Gasteiger partial charge in [0.05, 0.1) is 5.00 Å². The summed E-state index contributed by atoms with van der Waals surface area (Å²) in [7, 11) is 0. The first-order valence-electron chi connectivity index (χ1n) is 21.3. The molecule has 3 heterocycles. The second-order valence-electron chi connectivity index (χ2n) is 22.4. The fourth-order valence-electron chi connectivity index (χ4n) is 10.6. The van der Waals surface area contributed by atoms with E-state index in [1.807, 2.05) is 0 Å². The molecule has 4 aliphatic rings. The zero-order valence-corrected chi connectivity index (χ0v) is 37.5. The number of benzene rings is 4. The van der Waals surface area contributed by atoms with Crippen LogP contribution in [0.2, 0.25) is 0 Å². The number of fused-ring (bicyclic) bond motifs is 7. The summed E-state index contributed by atoms with van der Waals surface area (Å²) >= 11 is 2.10. The van der Waals surface area contributed by atoms with E-state index in [2.05, 4.69) is 197 Å². The predicted octanol–water partition coefficient (Wildman–Crippen LogP) is 13.1. The maximum absolute atomic E-state index is 2.71. The molecule has 0 saturated heterocycles. The van der Waals surface area contributed by atoms with E-state index in [9.17, 15) is 0 Å². The molecule has 0 atom stereocenters. The number of anilines is 6. The van der Waals surface area contributed by atoms with Gasteiger partial charge in [0.25, 0.3) is 6.71 Å². The van der Waals surface area contributed by atoms with E-state index in [1.165, 1.54) is 92.3 Å². The topological polar surface area (TPSA) is 6.48 Å². The fourth-order valence-corrected chi connectivity index (χ4v) is 12.3. The van der Waals surface area contributed by atoms with Crippen LogP contribution in [0.5, 0.6) is 0 Å². The van der Waals surface area contributed by atoms with Gasteiger partial charge >= 0.3 is 0 Å². The highest BCUT2D eigenvalue weighted by atomic mass is 32.1. The second kappa shape index (κ2) is 11.9. The molecule has 2 aliphatic carbocycles. The molecule has 2 aliphatic heterocycles. The van der Waals surface area contributed by atoms with Gasteiger partial charge in [-0.1, -0.05) is 133 Å². The van der Waals surface area contributed by atoms with Crippen molar-refractivity contribution in [2.24, 2.45) is 0 Å².